The van der Waals surface area contributed by atoms with Crippen LogP contribution in [0.2, 0.25) is 0 Å². The monoisotopic (exact) mass is 330 g/mol. The van der Waals surface area contributed by atoms with Crippen LogP contribution in [0.4, 0.5) is 0 Å². The molecule has 0 saturated carbocycles. The van der Waals surface area contributed by atoms with Crippen LogP contribution in [0.15, 0.2) is 12.3 Å². The van der Waals surface area contributed by atoms with Crippen LogP contribution < -0.4 is 10.2 Å². The van der Waals surface area contributed by atoms with Crippen LogP contribution in [-0.4, -0.2) is 43.1 Å². The van der Waals surface area contributed by atoms with Gasteiger partial charge in [0.15, 0.2) is 0 Å². The molecule has 0 spiro atoms. The normalized spacial score (nSPS) is 24.8. The largest absolute Gasteiger partial charge is 0.496 e. The van der Waals surface area contributed by atoms with Crippen LogP contribution in [0.1, 0.15) is 39.7 Å². The number of aromatic nitrogens is 1. The Balaban J connectivity index is 1.74. The summed E-state index contributed by atoms with van der Waals surface area (Å²) in [6.45, 7) is 9.96. The highest BCUT2D eigenvalue weighted by Crippen LogP contribution is 2.36. The molecule has 1 aromatic heterocycles. The third kappa shape index (κ3) is 3.27. The van der Waals surface area contributed by atoms with E-state index >= 15 is 0 Å². The second kappa shape index (κ2) is 6.36. The van der Waals surface area contributed by atoms with Gasteiger partial charge >= 0.3 is 7.12 Å². The Morgan fingerprint density at radius 2 is 2.04 bits per heavy atom. The fraction of sp³-hybridized carbons (Fsp3) is 0.647. The highest BCUT2D eigenvalue weighted by Gasteiger charge is 2.51. The van der Waals surface area contributed by atoms with E-state index in [4.69, 9.17) is 18.8 Å². The van der Waals surface area contributed by atoms with Gasteiger partial charge in [-0.25, -0.2) is 4.98 Å². The number of hydrogen-bond donors (Lipinski definition) is 0. The molecule has 128 valence electrons. The number of rotatable bonds is 4. The fourth-order valence-electron chi connectivity index (χ4n) is 2.68. The van der Waals surface area contributed by atoms with Crippen molar-refractivity contribution in [3.8, 4) is 11.9 Å². The first-order valence-corrected chi connectivity index (χ1v) is 8.28. The maximum absolute atomic E-state index is 9.41. The van der Waals surface area contributed by atoms with Gasteiger partial charge in [0.05, 0.1) is 24.4 Å². The lowest BCUT2D eigenvalue weighted by molar-refractivity contribution is 0.00578. The number of pyridine rings is 1. The van der Waals surface area contributed by atoms with Gasteiger partial charge in [-0.05, 0) is 40.2 Å². The van der Waals surface area contributed by atoms with Crippen molar-refractivity contribution < 1.29 is 18.8 Å². The molecule has 0 amide bonds. The molecule has 3 rings (SSSR count). The van der Waals surface area contributed by atoms with Crippen LogP contribution in [-0.2, 0) is 14.0 Å². The summed E-state index contributed by atoms with van der Waals surface area (Å²) in [5, 5.41) is 9.41. The van der Waals surface area contributed by atoms with Crippen molar-refractivity contribution in [3.05, 3.63) is 17.8 Å². The number of nitrogens with zero attached hydrogens (tertiary/aromatic N) is 2. The molecule has 2 saturated heterocycles. The summed E-state index contributed by atoms with van der Waals surface area (Å²) in [7, 11) is -0.535. The average Bonchev–Trinajstić information content (AvgIpc) is 3.11. The average molecular weight is 330 g/mol. The molecule has 0 aliphatic carbocycles. The first-order valence-electron chi connectivity index (χ1n) is 8.28. The molecule has 2 aliphatic heterocycles. The Kier molecular flexibility index (Phi) is 4.56. The predicted octanol–water partition coefficient (Wildman–Crippen LogP) is 1.67. The van der Waals surface area contributed by atoms with Crippen LogP contribution in [0.3, 0.4) is 0 Å². The minimum atomic E-state index is -0.535. The molecular weight excluding hydrogens is 307 g/mol. The minimum Gasteiger partial charge on any atom is -0.476 e. The second-order valence-corrected chi connectivity index (χ2v) is 7.36. The Bertz CT molecular complexity index is 634. The molecule has 0 radical (unpaired) electrons. The summed E-state index contributed by atoms with van der Waals surface area (Å²) in [5.41, 5.74) is 0.257. The van der Waals surface area contributed by atoms with Crippen LogP contribution >= 0.6 is 0 Å². The van der Waals surface area contributed by atoms with E-state index in [-0.39, 0.29) is 0 Å². The van der Waals surface area contributed by atoms with E-state index < -0.39 is 18.3 Å². The maximum atomic E-state index is 9.41. The third-order valence-electron chi connectivity index (χ3n) is 5.00. The summed E-state index contributed by atoms with van der Waals surface area (Å²) >= 11 is 0. The van der Waals surface area contributed by atoms with Gasteiger partial charge < -0.3 is 18.8 Å². The number of nitriles is 1. The predicted molar refractivity (Wildman–Crippen MR) is 89.1 cm³/mol. The number of hydrogen-bond acceptors (Lipinski definition) is 6. The Morgan fingerprint density at radius 3 is 2.62 bits per heavy atom. The molecule has 24 heavy (non-hydrogen) atoms. The quantitative estimate of drug-likeness (QED) is 0.782. The Hall–Kier alpha value is -1.62. The molecule has 7 heteroatoms. The first kappa shape index (κ1) is 17.2. The molecule has 1 aromatic rings. The molecular formula is C17H23BN2O4. The van der Waals surface area contributed by atoms with Crippen molar-refractivity contribution >= 4 is 12.6 Å². The fourth-order valence-corrected chi connectivity index (χ4v) is 2.68. The second-order valence-electron chi connectivity index (χ2n) is 7.36. The van der Waals surface area contributed by atoms with Crippen molar-refractivity contribution in [1.82, 2.24) is 4.98 Å². The van der Waals surface area contributed by atoms with Crippen LogP contribution in [0.25, 0.3) is 0 Å². The zero-order valence-electron chi connectivity index (χ0n) is 14.7. The van der Waals surface area contributed by atoms with Gasteiger partial charge in [-0.3, -0.25) is 0 Å². The Morgan fingerprint density at radius 1 is 1.33 bits per heavy atom. The molecule has 3 heterocycles. The van der Waals surface area contributed by atoms with E-state index in [9.17, 15) is 5.26 Å². The lowest BCUT2D eigenvalue weighted by atomic mass is 9.80. The van der Waals surface area contributed by atoms with Gasteiger partial charge in [0, 0.05) is 24.2 Å². The standard InChI is InChI=1S/C17H23BN2O4/c1-16(2)17(3,4)24-18(23-16)14-7-13(8-19)15(20-9-14)22-11-12-5-6-21-10-12/h7,9,12H,5-6,10-11H2,1-4H3/t12-/m0/s1. The van der Waals surface area contributed by atoms with Gasteiger partial charge in [-0.1, -0.05) is 0 Å². The van der Waals surface area contributed by atoms with Gasteiger partial charge in [0.25, 0.3) is 0 Å². The maximum Gasteiger partial charge on any atom is 0.496 e. The molecule has 1 atom stereocenters. The molecule has 2 aliphatic rings. The van der Waals surface area contributed by atoms with E-state index in [1.165, 1.54) is 0 Å². The summed E-state index contributed by atoms with van der Waals surface area (Å²) in [6, 6.07) is 3.88. The number of ether oxygens (including phenoxy) is 2. The highest BCUT2D eigenvalue weighted by molar-refractivity contribution is 6.62. The van der Waals surface area contributed by atoms with E-state index in [2.05, 4.69) is 11.1 Å². The smallest absolute Gasteiger partial charge is 0.476 e. The van der Waals surface area contributed by atoms with E-state index in [1.807, 2.05) is 27.7 Å². The first-order chi connectivity index (χ1) is 11.3. The van der Waals surface area contributed by atoms with Crippen molar-refractivity contribution in [2.45, 2.75) is 45.3 Å². The molecule has 0 unspecified atom stereocenters. The van der Waals surface area contributed by atoms with Crippen molar-refractivity contribution in [1.29, 1.82) is 5.26 Å². The lowest BCUT2D eigenvalue weighted by Gasteiger charge is -2.32. The summed E-state index contributed by atoms with van der Waals surface area (Å²) in [6.07, 6.45) is 2.64. The Labute approximate surface area is 143 Å². The lowest BCUT2D eigenvalue weighted by Crippen LogP contribution is -2.41. The van der Waals surface area contributed by atoms with Gasteiger partial charge in [-0.15, -0.1) is 0 Å². The van der Waals surface area contributed by atoms with Gasteiger partial charge in [0.1, 0.15) is 11.6 Å². The highest BCUT2D eigenvalue weighted by atomic mass is 16.7. The topological polar surface area (TPSA) is 73.6 Å². The van der Waals surface area contributed by atoms with Crippen LogP contribution in [0, 0.1) is 17.2 Å². The van der Waals surface area contributed by atoms with Crippen molar-refractivity contribution in [2.75, 3.05) is 19.8 Å². The third-order valence-corrected chi connectivity index (χ3v) is 5.00. The molecule has 0 bridgehead atoms. The van der Waals surface area contributed by atoms with Gasteiger partial charge in [-0.2, -0.15) is 5.26 Å². The molecule has 2 fully saturated rings. The van der Waals surface area contributed by atoms with Gasteiger partial charge in [0.2, 0.25) is 5.88 Å². The van der Waals surface area contributed by atoms with E-state index in [0.717, 1.165) is 18.5 Å². The van der Waals surface area contributed by atoms with Crippen molar-refractivity contribution in [3.63, 3.8) is 0 Å². The zero-order valence-corrected chi connectivity index (χ0v) is 14.7. The SMILES string of the molecule is CC1(C)OB(c2cnc(OC[C@H]3CCOC3)c(C#N)c2)OC1(C)C. The van der Waals surface area contributed by atoms with Crippen LogP contribution in [0.5, 0.6) is 5.88 Å². The minimum absolute atomic E-state index is 0.352. The molecule has 6 nitrogen and oxygen atoms in total. The van der Waals surface area contributed by atoms with E-state index in [1.54, 1.807) is 12.3 Å². The molecule has 0 aromatic carbocycles. The van der Waals surface area contributed by atoms with E-state index in [0.29, 0.717) is 30.6 Å². The summed E-state index contributed by atoms with van der Waals surface area (Å²) in [4.78, 5) is 4.31. The van der Waals surface area contributed by atoms with Crippen molar-refractivity contribution in [2.24, 2.45) is 5.92 Å². The molecule has 0 N–H and O–H groups in total. The summed E-state index contributed by atoms with van der Waals surface area (Å²) < 4.78 is 23.0. The zero-order chi connectivity index (χ0) is 17.4. The summed E-state index contributed by atoms with van der Waals surface area (Å²) in [5.74, 6) is 0.714.